The average molecular weight is 211 g/mol. The van der Waals surface area contributed by atoms with Crippen molar-refractivity contribution in [1.29, 1.82) is 0 Å². The fourth-order valence-electron chi connectivity index (χ4n) is 1.23. The summed E-state index contributed by atoms with van der Waals surface area (Å²) in [5.74, 6) is 1.39. The van der Waals surface area contributed by atoms with E-state index in [2.05, 4.69) is 0 Å². The van der Waals surface area contributed by atoms with Crippen LogP contribution in [-0.4, -0.2) is 33.5 Å². The van der Waals surface area contributed by atoms with Crippen molar-refractivity contribution in [2.75, 3.05) is 27.4 Å². The van der Waals surface area contributed by atoms with Crippen molar-refractivity contribution in [2.45, 2.75) is 6.10 Å². The molecule has 0 fully saturated rings. The van der Waals surface area contributed by atoms with Crippen LogP contribution in [0.3, 0.4) is 0 Å². The van der Waals surface area contributed by atoms with Crippen LogP contribution >= 0.6 is 0 Å². The van der Waals surface area contributed by atoms with Crippen LogP contribution in [0.5, 0.6) is 11.5 Å². The van der Waals surface area contributed by atoms with Gasteiger partial charge in [0.05, 0.1) is 13.7 Å². The van der Waals surface area contributed by atoms with E-state index in [-0.39, 0.29) is 6.10 Å². The van der Waals surface area contributed by atoms with E-state index < -0.39 is 0 Å². The third kappa shape index (κ3) is 3.42. The standard InChI is InChI=1S/C11H17NO3/c1-13-8-9(7-12)15-11-6-4-3-5-10(11)14-2/h3-6,9H,7-8,12H2,1-2H3. The molecule has 84 valence electrons. The number of hydrogen-bond donors (Lipinski definition) is 1. The molecule has 0 saturated carbocycles. The third-order valence-electron chi connectivity index (χ3n) is 1.98. The van der Waals surface area contributed by atoms with Gasteiger partial charge in [0.15, 0.2) is 11.5 Å². The van der Waals surface area contributed by atoms with Crippen molar-refractivity contribution in [1.82, 2.24) is 0 Å². The van der Waals surface area contributed by atoms with Crippen LogP contribution in [0.15, 0.2) is 24.3 Å². The predicted octanol–water partition coefficient (Wildman–Crippen LogP) is 1.05. The number of nitrogens with two attached hydrogens (primary N) is 1. The Kier molecular flexibility index (Phi) is 4.93. The molecule has 1 aromatic rings. The molecular weight excluding hydrogens is 194 g/mol. The number of ether oxygens (including phenoxy) is 3. The Morgan fingerprint density at radius 1 is 1.20 bits per heavy atom. The van der Waals surface area contributed by atoms with Gasteiger partial charge in [-0.15, -0.1) is 0 Å². The van der Waals surface area contributed by atoms with Gasteiger partial charge in [0.2, 0.25) is 0 Å². The van der Waals surface area contributed by atoms with Crippen LogP contribution in [0.1, 0.15) is 0 Å². The molecule has 1 aromatic carbocycles. The molecule has 1 rings (SSSR count). The molecule has 1 atom stereocenters. The van der Waals surface area contributed by atoms with Gasteiger partial charge in [-0.05, 0) is 12.1 Å². The molecule has 0 aliphatic rings. The van der Waals surface area contributed by atoms with E-state index in [4.69, 9.17) is 19.9 Å². The minimum Gasteiger partial charge on any atom is -0.493 e. The van der Waals surface area contributed by atoms with E-state index in [1.54, 1.807) is 14.2 Å². The molecule has 4 nitrogen and oxygen atoms in total. The second-order valence-corrected chi connectivity index (χ2v) is 3.08. The fraction of sp³-hybridized carbons (Fsp3) is 0.455. The molecule has 0 bridgehead atoms. The molecule has 0 amide bonds. The quantitative estimate of drug-likeness (QED) is 0.764. The highest BCUT2D eigenvalue weighted by atomic mass is 16.5. The summed E-state index contributed by atoms with van der Waals surface area (Å²) in [4.78, 5) is 0. The maximum atomic E-state index is 5.65. The number of methoxy groups -OCH3 is 2. The topological polar surface area (TPSA) is 53.7 Å². The molecule has 4 heteroatoms. The molecule has 0 radical (unpaired) electrons. The average Bonchev–Trinajstić information content (AvgIpc) is 2.29. The zero-order valence-corrected chi connectivity index (χ0v) is 9.10. The monoisotopic (exact) mass is 211 g/mol. The highest BCUT2D eigenvalue weighted by Crippen LogP contribution is 2.26. The number of rotatable bonds is 6. The first-order valence-corrected chi connectivity index (χ1v) is 4.80. The largest absolute Gasteiger partial charge is 0.493 e. The second-order valence-electron chi connectivity index (χ2n) is 3.08. The van der Waals surface area contributed by atoms with E-state index in [1.165, 1.54) is 0 Å². The van der Waals surface area contributed by atoms with Crippen LogP contribution in [0.4, 0.5) is 0 Å². The molecule has 0 aromatic heterocycles. The summed E-state index contributed by atoms with van der Waals surface area (Å²) in [5.41, 5.74) is 5.55. The van der Waals surface area contributed by atoms with Crippen molar-refractivity contribution in [3.63, 3.8) is 0 Å². The Morgan fingerprint density at radius 3 is 2.40 bits per heavy atom. The van der Waals surface area contributed by atoms with Gasteiger partial charge >= 0.3 is 0 Å². The Balaban J connectivity index is 2.69. The molecule has 0 saturated heterocycles. The van der Waals surface area contributed by atoms with Gasteiger partial charge in [0.25, 0.3) is 0 Å². The second kappa shape index (κ2) is 6.27. The normalized spacial score (nSPS) is 12.2. The van der Waals surface area contributed by atoms with Gasteiger partial charge in [0.1, 0.15) is 6.10 Å². The maximum Gasteiger partial charge on any atom is 0.161 e. The first-order chi connectivity index (χ1) is 7.31. The lowest BCUT2D eigenvalue weighted by molar-refractivity contribution is 0.0840. The van der Waals surface area contributed by atoms with Gasteiger partial charge in [0, 0.05) is 13.7 Å². The molecule has 0 aliphatic carbocycles. The van der Waals surface area contributed by atoms with Gasteiger partial charge < -0.3 is 19.9 Å². The summed E-state index contributed by atoms with van der Waals surface area (Å²) in [7, 11) is 3.23. The van der Waals surface area contributed by atoms with Crippen LogP contribution in [0.25, 0.3) is 0 Å². The van der Waals surface area contributed by atoms with Crippen LogP contribution < -0.4 is 15.2 Å². The smallest absolute Gasteiger partial charge is 0.161 e. The molecule has 15 heavy (non-hydrogen) atoms. The summed E-state index contributed by atoms with van der Waals surface area (Å²) in [6, 6.07) is 7.46. The van der Waals surface area contributed by atoms with E-state index in [1.807, 2.05) is 24.3 Å². The highest BCUT2D eigenvalue weighted by molar-refractivity contribution is 5.39. The SMILES string of the molecule is COCC(CN)Oc1ccccc1OC. The number of benzene rings is 1. The van der Waals surface area contributed by atoms with E-state index in [0.717, 1.165) is 0 Å². The van der Waals surface area contributed by atoms with Crippen LogP contribution in [0, 0.1) is 0 Å². The van der Waals surface area contributed by atoms with Crippen LogP contribution in [-0.2, 0) is 4.74 Å². The van der Waals surface area contributed by atoms with Crippen molar-refractivity contribution in [3.05, 3.63) is 24.3 Å². The van der Waals surface area contributed by atoms with Crippen molar-refractivity contribution in [2.24, 2.45) is 5.73 Å². The summed E-state index contributed by atoms with van der Waals surface area (Å²) in [5, 5.41) is 0. The number of para-hydroxylation sites is 2. The lowest BCUT2D eigenvalue weighted by Gasteiger charge is -2.18. The Hall–Kier alpha value is -1.26. The molecule has 2 N–H and O–H groups in total. The zero-order valence-electron chi connectivity index (χ0n) is 9.10. The van der Waals surface area contributed by atoms with E-state index in [9.17, 15) is 0 Å². The van der Waals surface area contributed by atoms with Crippen molar-refractivity contribution in [3.8, 4) is 11.5 Å². The zero-order chi connectivity index (χ0) is 11.1. The Bertz CT molecular complexity index is 291. The molecule has 0 heterocycles. The number of hydrogen-bond acceptors (Lipinski definition) is 4. The molecular formula is C11H17NO3. The third-order valence-corrected chi connectivity index (χ3v) is 1.98. The summed E-state index contributed by atoms with van der Waals surface area (Å²) in [6.07, 6.45) is -0.147. The lowest BCUT2D eigenvalue weighted by Crippen LogP contribution is -2.31. The summed E-state index contributed by atoms with van der Waals surface area (Å²) >= 11 is 0. The first kappa shape index (κ1) is 11.8. The Labute approximate surface area is 89.9 Å². The van der Waals surface area contributed by atoms with Gasteiger partial charge in [-0.3, -0.25) is 0 Å². The molecule has 1 unspecified atom stereocenters. The van der Waals surface area contributed by atoms with Gasteiger partial charge in [-0.1, -0.05) is 12.1 Å². The van der Waals surface area contributed by atoms with E-state index >= 15 is 0 Å². The Morgan fingerprint density at radius 2 is 1.87 bits per heavy atom. The molecule has 0 spiro atoms. The van der Waals surface area contributed by atoms with Crippen molar-refractivity contribution >= 4 is 0 Å². The first-order valence-electron chi connectivity index (χ1n) is 4.80. The minimum absolute atomic E-state index is 0.147. The molecule has 0 aliphatic heterocycles. The van der Waals surface area contributed by atoms with Crippen LogP contribution in [0.2, 0.25) is 0 Å². The van der Waals surface area contributed by atoms with E-state index in [0.29, 0.717) is 24.7 Å². The highest BCUT2D eigenvalue weighted by Gasteiger charge is 2.10. The minimum atomic E-state index is -0.147. The van der Waals surface area contributed by atoms with Gasteiger partial charge in [-0.2, -0.15) is 0 Å². The fourth-order valence-corrected chi connectivity index (χ4v) is 1.23. The summed E-state index contributed by atoms with van der Waals surface area (Å²) in [6.45, 7) is 0.875. The maximum absolute atomic E-state index is 5.65. The van der Waals surface area contributed by atoms with Crippen molar-refractivity contribution < 1.29 is 14.2 Å². The lowest BCUT2D eigenvalue weighted by atomic mass is 10.3. The predicted molar refractivity (Wildman–Crippen MR) is 58.3 cm³/mol. The summed E-state index contributed by atoms with van der Waals surface area (Å²) < 4.78 is 15.8. The van der Waals surface area contributed by atoms with Gasteiger partial charge in [-0.25, -0.2) is 0 Å².